The predicted octanol–water partition coefficient (Wildman–Crippen LogP) is 3.62. The van der Waals surface area contributed by atoms with Crippen molar-refractivity contribution in [2.24, 2.45) is 11.8 Å². The molecule has 40 heavy (non-hydrogen) atoms. The molecule has 4 aliphatic rings. The normalized spacial score (nSPS) is 28.9. The Morgan fingerprint density at radius 1 is 1.10 bits per heavy atom. The van der Waals surface area contributed by atoms with E-state index in [9.17, 15) is 18.0 Å². The van der Waals surface area contributed by atoms with Crippen molar-refractivity contribution in [3.05, 3.63) is 62.6 Å². The third-order valence-electron chi connectivity index (χ3n) is 8.78. The highest BCUT2D eigenvalue weighted by molar-refractivity contribution is 7.92. The number of benzene rings is 1. The van der Waals surface area contributed by atoms with E-state index in [1.807, 2.05) is 4.90 Å². The zero-order valence-electron chi connectivity index (χ0n) is 22.3. The van der Waals surface area contributed by atoms with Crippen LogP contribution >= 0.6 is 22.9 Å². The average molecular weight is 603 g/mol. The maximum absolute atomic E-state index is 13.5. The first kappa shape index (κ1) is 27.9. The fourth-order valence-electron chi connectivity index (χ4n) is 6.63. The van der Waals surface area contributed by atoms with E-state index in [2.05, 4.69) is 40.0 Å². The van der Waals surface area contributed by atoms with Gasteiger partial charge in [0.1, 0.15) is 6.04 Å². The number of piperidine rings is 2. The number of nitrogens with zero attached hydrogens (tertiary/aromatic N) is 3. The largest absolute Gasteiger partial charge is 0.336 e. The number of sulfonamides is 1. The number of hydrogen-bond acceptors (Lipinski definition) is 6. The summed E-state index contributed by atoms with van der Waals surface area (Å²) in [5, 5.41) is 1.06. The Morgan fingerprint density at radius 2 is 1.93 bits per heavy atom. The Labute approximate surface area is 245 Å². The number of amides is 2. The highest BCUT2D eigenvalue weighted by atomic mass is 35.5. The van der Waals surface area contributed by atoms with Gasteiger partial charge < -0.3 is 14.7 Å². The number of carbonyl (C=O) groups excluding carboxylic acids is 2. The SMILES string of the molecule is O=C1[C@@H](NS(=O)(=O)/C=C/c2ccc(Cl)s2)CCCN1CC(=O)N1CC2CC2C1CN1CCC(c2ccccc2)C1. The lowest BCUT2D eigenvalue weighted by molar-refractivity contribution is -0.144. The van der Waals surface area contributed by atoms with Gasteiger partial charge in [0, 0.05) is 42.5 Å². The molecule has 4 heterocycles. The second-order valence-electron chi connectivity index (χ2n) is 11.5. The van der Waals surface area contributed by atoms with Gasteiger partial charge in [-0.1, -0.05) is 41.9 Å². The van der Waals surface area contributed by atoms with Gasteiger partial charge in [-0.3, -0.25) is 9.59 Å². The Hall–Kier alpha value is -2.24. The summed E-state index contributed by atoms with van der Waals surface area (Å²) in [5.41, 5.74) is 1.38. The molecule has 3 saturated heterocycles. The lowest BCUT2D eigenvalue weighted by Gasteiger charge is -2.35. The quantitative estimate of drug-likeness (QED) is 0.474. The molecule has 2 aromatic rings. The number of fused-ring (bicyclic) bond motifs is 1. The highest BCUT2D eigenvalue weighted by Gasteiger charge is 2.54. The first-order valence-corrected chi connectivity index (χ1v) is 16.8. The van der Waals surface area contributed by atoms with Gasteiger partial charge >= 0.3 is 0 Å². The van der Waals surface area contributed by atoms with E-state index < -0.39 is 16.1 Å². The molecule has 11 heteroatoms. The maximum atomic E-state index is 13.5. The fraction of sp³-hybridized carbons (Fsp3) is 0.517. The highest BCUT2D eigenvalue weighted by Crippen LogP contribution is 2.50. The predicted molar refractivity (Wildman–Crippen MR) is 157 cm³/mol. The van der Waals surface area contributed by atoms with Crippen LogP contribution in [0.4, 0.5) is 0 Å². The Morgan fingerprint density at radius 3 is 2.70 bits per heavy atom. The first-order chi connectivity index (χ1) is 19.3. The lowest BCUT2D eigenvalue weighted by Crippen LogP contribution is -2.55. The van der Waals surface area contributed by atoms with E-state index in [1.54, 1.807) is 12.1 Å². The number of hydrogen-bond donors (Lipinski definition) is 1. The topological polar surface area (TPSA) is 90.0 Å². The van der Waals surface area contributed by atoms with E-state index in [0.29, 0.717) is 46.4 Å². The summed E-state index contributed by atoms with van der Waals surface area (Å²) in [6.45, 7) is 4.16. The van der Waals surface area contributed by atoms with Gasteiger partial charge in [-0.05, 0) is 73.8 Å². The summed E-state index contributed by atoms with van der Waals surface area (Å²) < 4.78 is 28.4. The molecule has 1 aromatic heterocycles. The van der Waals surface area contributed by atoms with E-state index in [0.717, 1.165) is 38.0 Å². The number of carbonyl (C=O) groups is 2. The van der Waals surface area contributed by atoms with Gasteiger partial charge in [0.15, 0.2) is 0 Å². The van der Waals surface area contributed by atoms with Crippen molar-refractivity contribution in [1.82, 2.24) is 19.4 Å². The third-order valence-corrected chi connectivity index (χ3v) is 11.1. The summed E-state index contributed by atoms with van der Waals surface area (Å²) in [5.74, 6) is 1.31. The smallest absolute Gasteiger partial charge is 0.242 e. The van der Waals surface area contributed by atoms with Gasteiger partial charge in [0.05, 0.1) is 10.9 Å². The van der Waals surface area contributed by atoms with E-state index in [-0.39, 0.29) is 24.4 Å². The van der Waals surface area contributed by atoms with Gasteiger partial charge in [0.2, 0.25) is 21.8 Å². The zero-order chi connectivity index (χ0) is 27.9. The Balaban J connectivity index is 1.04. The standard InChI is InChI=1S/C29H35ClN4O4S2/c30-27-9-8-23(39-27)11-14-40(37,38)31-25-7-4-12-33(29(25)36)19-28(35)34-17-22-15-24(22)26(34)18-32-13-10-21(16-32)20-5-2-1-3-6-20/h1-3,5-6,8-9,11,14,21-22,24-26,31H,4,7,10,12-13,15-19H2/b14-11+/t21?,22?,24?,25-,26?/m0/s1. The van der Waals surface area contributed by atoms with Crippen molar-refractivity contribution in [2.45, 2.75) is 43.7 Å². The molecule has 214 valence electrons. The monoisotopic (exact) mass is 602 g/mol. The van der Waals surface area contributed by atoms with Crippen molar-refractivity contribution < 1.29 is 18.0 Å². The van der Waals surface area contributed by atoms with Crippen molar-refractivity contribution in [3.63, 3.8) is 0 Å². The summed E-state index contributed by atoms with van der Waals surface area (Å²) in [6.07, 6.45) is 4.83. The molecular weight excluding hydrogens is 568 g/mol. The molecule has 6 rings (SSSR count). The fourth-order valence-corrected chi connectivity index (χ4v) is 8.69. The first-order valence-electron chi connectivity index (χ1n) is 14.1. The van der Waals surface area contributed by atoms with Crippen molar-refractivity contribution in [1.29, 1.82) is 0 Å². The molecular formula is C29H35ClN4O4S2. The summed E-state index contributed by atoms with van der Waals surface area (Å²) in [7, 11) is -3.83. The second kappa shape index (κ2) is 11.6. The second-order valence-corrected chi connectivity index (χ2v) is 14.8. The molecule has 1 aromatic carbocycles. The zero-order valence-corrected chi connectivity index (χ0v) is 24.7. The van der Waals surface area contributed by atoms with Gasteiger partial charge in [0.25, 0.3) is 0 Å². The van der Waals surface area contributed by atoms with E-state index >= 15 is 0 Å². The molecule has 5 atom stereocenters. The van der Waals surface area contributed by atoms with E-state index in [4.69, 9.17) is 11.6 Å². The molecule has 0 radical (unpaired) electrons. The molecule has 0 bridgehead atoms. The number of halogens is 1. The van der Waals surface area contributed by atoms with Crippen LogP contribution in [0.2, 0.25) is 4.34 Å². The molecule has 2 amide bonds. The number of likely N-dealkylation sites (tertiary alicyclic amines) is 3. The van der Waals surface area contributed by atoms with Gasteiger partial charge in [-0.25, -0.2) is 8.42 Å². The summed E-state index contributed by atoms with van der Waals surface area (Å²) in [6, 6.07) is 13.4. The van der Waals surface area contributed by atoms with Gasteiger partial charge in [-0.2, -0.15) is 4.72 Å². The Bertz CT molecular complexity index is 1380. The molecule has 1 N–H and O–H groups in total. The molecule has 8 nitrogen and oxygen atoms in total. The van der Waals surface area contributed by atoms with Crippen LogP contribution in [0.1, 0.15) is 42.0 Å². The van der Waals surface area contributed by atoms with Crippen molar-refractivity contribution >= 4 is 50.9 Å². The van der Waals surface area contributed by atoms with Crippen molar-refractivity contribution in [3.8, 4) is 0 Å². The molecule has 1 saturated carbocycles. The van der Waals surface area contributed by atoms with Crippen LogP contribution in [-0.2, 0) is 19.6 Å². The van der Waals surface area contributed by atoms with E-state index in [1.165, 1.54) is 34.3 Å². The number of thiophene rings is 1. The van der Waals surface area contributed by atoms with Crippen LogP contribution in [0.5, 0.6) is 0 Å². The molecule has 4 unspecified atom stereocenters. The molecule has 3 aliphatic heterocycles. The van der Waals surface area contributed by atoms with Crippen molar-refractivity contribution in [2.75, 3.05) is 39.3 Å². The third kappa shape index (κ3) is 6.31. The maximum Gasteiger partial charge on any atom is 0.242 e. The minimum atomic E-state index is -3.83. The molecule has 4 fully saturated rings. The Kier molecular flexibility index (Phi) is 8.07. The minimum Gasteiger partial charge on any atom is -0.336 e. The van der Waals surface area contributed by atoms with Crippen LogP contribution in [0, 0.1) is 11.8 Å². The van der Waals surface area contributed by atoms with Crippen LogP contribution in [0.3, 0.4) is 0 Å². The van der Waals surface area contributed by atoms with Crippen LogP contribution in [0.15, 0.2) is 47.9 Å². The van der Waals surface area contributed by atoms with Crippen LogP contribution in [-0.4, -0.2) is 86.3 Å². The van der Waals surface area contributed by atoms with Crippen LogP contribution in [0.25, 0.3) is 6.08 Å². The minimum absolute atomic E-state index is 0.00315. The lowest BCUT2D eigenvalue weighted by atomic mass is 9.99. The molecule has 1 aliphatic carbocycles. The number of rotatable bonds is 9. The van der Waals surface area contributed by atoms with Gasteiger partial charge in [-0.15, -0.1) is 11.3 Å². The molecule has 0 spiro atoms. The average Bonchev–Trinajstić information content (AvgIpc) is 3.23. The summed E-state index contributed by atoms with van der Waals surface area (Å²) in [4.78, 5) is 33.5. The van der Waals surface area contributed by atoms with Crippen LogP contribution < -0.4 is 4.72 Å². The number of nitrogens with one attached hydrogen (secondary N) is 1. The summed E-state index contributed by atoms with van der Waals surface area (Å²) >= 11 is 7.19.